The second-order valence-corrected chi connectivity index (χ2v) is 5.63. The highest BCUT2D eigenvalue weighted by molar-refractivity contribution is 14.1. The maximum Gasteiger partial charge on any atom is 0.673 e. The average molecular weight is 434 g/mol. The summed E-state index contributed by atoms with van der Waals surface area (Å²) in [6.07, 6.45) is 4.02. The van der Waals surface area contributed by atoms with Crippen LogP contribution in [0.5, 0.6) is 0 Å². The number of fused-ring (bicyclic) bond motifs is 1. The average Bonchev–Trinajstić information content (AvgIpc) is 2.88. The van der Waals surface area contributed by atoms with Crippen molar-refractivity contribution in [3.05, 3.63) is 57.3 Å². The van der Waals surface area contributed by atoms with E-state index in [9.17, 15) is 17.3 Å². The molecule has 10 heteroatoms. The van der Waals surface area contributed by atoms with Crippen molar-refractivity contribution in [2.24, 2.45) is 0 Å². The number of nitrogens with zero attached hydrogens (tertiary/aromatic N) is 4. The Bertz CT molecular complexity index is 849. The SMILES string of the molecule is F[B-](F)(F)F.N#[N+]c1ccc(-c2cn3cc(I)ccc3n2)cc1. The van der Waals surface area contributed by atoms with Gasteiger partial charge in [0.2, 0.25) is 5.39 Å². The maximum absolute atomic E-state index is 9.75. The largest absolute Gasteiger partial charge is 0.673 e. The molecule has 0 atom stereocenters. The van der Waals surface area contributed by atoms with Crippen molar-refractivity contribution in [3.63, 3.8) is 0 Å². The van der Waals surface area contributed by atoms with E-state index in [4.69, 9.17) is 5.39 Å². The van der Waals surface area contributed by atoms with Crippen LogP contribution in [-0.2, 0) is 0 Å². The van der Waals surface area contributed by atoms with Crippen LogP contribution in [0, 0.1) is 8.96 Å². The fraction of sp³-hybridized carbons (Fsp3) is 0. The molecular formula is C13H8BF4IN4. The molecule has 118 valence electrons. The number of imidazole rings is 1. The van der Waals surface area contributed by atoms with E-state index in [1.54, 1.807) is 12.1 Å². The minimum Gasteiger partial charge on any atom is -0.418 e. The van der Waals surface area contributed by atoms with Crippen LogP contribution in [-0.4, -0.2) is 16.6 Å². The Morgan fingerprint density at radius 1 is 1.00 bits per heavy atom. The first kappa shape index (κ1) is 17.2. The predicted octanol–water partition coefficient (Wildman–Crippen LogP) is 5.39. The Balaban J connectivity index is 0.000000338. The van der Waals surface area contributed by atoms with Crippen molar-refractivity contribution in [3.8, 4) is 11.3 Å². The van der Waals surface area contributed by atoms with E-state index in [0.29, 0.717) is 5.69 Å². The lowest BCUT2D eigenvalue weighted by Crippen LogP contribution is -2.02. The van der Waals surface area contributed by atoms with Crippen molar-refractivity contribution in [2.75, 3.05) is 0 Å². The normalized spacial score (nSPS) is 10.8. The molecule has 23 heavy (non-hydrogen) atoms. The van der Waals surface area contributed by atoms with Crippen molar-refractivity contribution in [1.29, 1.82) is 5.39 Å². The Labute approximate surface area is 142 Å². The molecule has 0 aliphatic heterocycles. The highest BCUT2D eigenvalue weighted by Crippen LogP contribution is 2.22. The molecule has 2 aromatic heterocycles. The first-order chi connectivity index (χ1) is 10.8. The van der Waals surface area contributed by atoms with E-state index in [-0.39, 0.29) is 0 Å². The molecule has 0 spiro atoms. The fourth-order valence-corrected chi connectivity index (χ4v) is 2.28. The first-order valence-corrected chi connectivity index (χ1v) is 7.31. The van der Waals surface area contributed by atoms with E-state index in [1.165, 1.54) is 3.57 Å². The Kier molecular flexibility index (Phi) is 5.20. The van der Waals surface area contributed by atoms with Gasteiger partial charge >= 0.3 is 12.9 Å². The van der Waals surface area contributed by atoms with Crippen LogP contribution in [0.2, 0.25) is 0 Å². The van der Waals surface area contributed by atoms with Crippen molar-refractivity contribution in [1.82, 2.24) is 9.38 Å². The van der Waals surface area contributed by atoms with Crippen LogP contribution in [0.15, 0.2) is 48.8 Å². The van der Waals surface area contributed by atoms with Gasteiger partial charge in [-0.15, -0.1) is 0 Å². The fourth-order valence-electron chi connectivity index (χ4n) is 1.80. The van der Waals surface area contributed by atoms with Gasteiger partial charge in [0.15, 0.2) is 4.98 Å². The summed E-state index contributed by atoms with van der Waals surface area (Å²) in [5.74, 6) is 0. The van der Waals surface area contributed by atoms with Gasteiger partial charge in [0, 0.05) is 33.7 Å². The molecule has 0 N–H and O–H groups in total. The lowest BCUT2D eigenvalue weighted by molar-refractivity contribution is 0.368. The summed E-state index contributed by atoms with van der Waals surface area (Å²) in [4.78, 5) is 7.68. The van der Waals surface area contributed by atoms with Gasteiger partial charge in [-0.25, -0.2) is 4.98 Å². The summed E-state index contributed by atoms with van der Waals surface area (Å²) in [5, 5.41) is 8.65. The number of benzene rings is 1. The van der Waals surface area contributed by atoms with Crippen molar-refractivity contribution in [2.45, 2.75) is 0 Å². The Morgan fingerprint density at radius 3 is 2.17 bits per heavy atom. The summed E-state index contributed by atoms with van der Waals surface area (Å²) in [6, 6.07) is 11.3. The van der Waals surface area contributed by atoms with Gasteiger partial charge in [0.25, 0.3) is 0 Å². The van der Waals surface area contributed by atoms with Gasteiger partial charge < -0.3 is 21.7 Å². The molecule has 0 aliphatic carbocycles. The number of halogens is 5. The lowest BCUT2D eigenvalue weighted by Gasteiger charge is -1.94. The van der Waals surface area contributed by atoms with Gasteiger partial charge in [0.1, 0.15) is 5.65 Å². The molecule has 1 aromatic carbocycles. The van der Waals surface area contributed by atoms with Crippen LogP contribution >= 0.6 is 22.6 Å². The van der Waals surface area contributed by atoms with E-state index in [1.807, 2.05) is 41.1 Å². The third-order valence-electron chi connectivity index (χ3n) is 2.69. The lowest BCUT2D eigenvalue weighted by atomic mass is 10.1. The molecule has 0 fully saturated rings. The molecule has 0 unspecified atom stereocenters. The number of diazo groups is 1. The molecule has 0 aliphatic rings. The van der Waals surface area contributed by atoms with Crippen LogP contribution < -0.4 is 0 Å². The molecule has 0 saturated heterocycles. The zero-order chi connectivity index (χ0) is 17.0. The number of pyridine rings is 1. The van der Waals surface area contributed by atoms with E-state index >= 15 is 0 Å². The van der Waals surface area contributed by atoms with Crippen molar-refractivity contribution >= 4 is 41.2 Å². The second-order valence-electron chi connectivity index (χ2n) is 4.38. The van der Waals surface area contributed by atoms with E-state index in [0.717, 1.165) is 16.9 Å². The van der Waals surface area contributed by atoms with E-state index in [2.05, 4.69) is 32.6 Å². The quantitative estimate of drug-likeness (QED) is 0.223. The van der Waals surface area contributed by atoms with E-state index < -0.39 is 7.25 Å². The summed E-state index contributed by atoms with van der Waals surface area (Å²) < 4.78 is 42.2. The third-order valence-corrected chi connectivity index (χ3v) is 3.33. The molecule has 3 aromatic rings. The molecule has 2 heterocycles. The monoisotopic (exact) mass is 434 g/mol. The number of hydrogen-bond acceptors (Lipinski definition) is 2. The van der Waals surface area contributed by atoms with Gasteiger partial charge in [-0.2, -0.15) is 0 Å². The minimum atomic E-state index is -6.00. The zero-order valence-electron chi connectivity index (χ0n) is 11.4. The molecular weight excluding hydrogens is 426 g/mol. The smallest absolute Gasteiger partial charge is 0.418 e. The molecule has 0 saturated carbocycles. The minimum absolute atomic E-state index is 0.539. The molecule has 3 rings (SSSR count). The zero-order valence-corrected chi connectivity index (χ0v) is 13.5. The highest BCUT2D eigenvalue weighted by atomic mass is 127. The Morgan fingerprint density at radius 2 is 1.61 bits per heavy atom. The maximum atomic E-state index is 9.75. The highest BCUT2D eigenvalue weighted by Gasteiger charge is 2.20. The third kappa shape index (κ3) is 5.20. The molecule has 0 bridgehead atoms. The van der Waals surface area contributed by atoms with Crippen molar-refractivity contribution < 1.29 is 17.3 Å². The number of aromatic nitrogens is 2. The topological polar surface area (TPSA) is 45.5 Å². The predicted molar refractivity (Wildman–Crippen MR) is 88.3 cm³/mol. The van der Waals surface area contributed by atoms with Gasteiger partial charge in [-0.3, -0.25) is 0 Å². The van der Waals surface area contributed by atoms with Crippen LogP contribution in [0.1, 0.15) is 0 Å². The summed E-state index contributed by atoms with van der Waals surface area (Å²) in [7, 11) is -6.00. The van der Waals surface area contributed by atoms with Crippen LogP contribution in [0.3, 0.4) is 0 Å². The standard InChI is InChI=1S/C13H8IN4.BF4/c14-10-3-6-13-16-12(8-18(13)7-10)9-1-4-11(17-15)5-2-9;2-1(3,4)5/h1-8H;/q+1;-1. The first-order valence-electron chi connectivity index (χ1n) is 6.23. The number of hydrogen-bond donors (Lipinski definition) is 0. The van der Waals surface area contributed by atoms with Crippen LogP contribution in [0.4, 0.5) is 23.0 Å². The van der Waals surface area contributed by atoms with Gasteiger partial charge in [-0.05, 0) is 46.9 Å². The summed E-state index contributed by atoms with van der Waals surface area (Å²) in [5.41, 5.74) is 3.36. The number of rotatable bonds is 1. The second kappa shape index (κ2) is 6.95. The van der Waals surface area contributed by atoms with Gasteiger partial charge in [-0.1, -0.05) is 0 Å². The molecule has 0 radical (unpaired) electrons. The Hall–Kier alpha value is -2.16. The molecule has 4 nitrogen and oxygen atoms in total. The van der Waals surface area contributed by atoms with Crippen LogP contribution in [0.25, 0.3) is 21.9 Å². The molecule has 0 amide bonds. The summed E-state index contributed by atoms with van der Waals surface area (Å²) in [6.45, 7) is 0. The van der Waals surface area contributed by atoms with Gasteiger partial charge in [0.05, 0.1) is 5.69 Å². The summed E-state index contributed by atoms with van der Waals surface area (Å²) >= 11 is 2.27.